The summed E-state index contributed by atoms with van der Waals surface area (Å²) in [5.74, 6) is 2.02. The van der Waals surface area contributed by atoms with E-state index in [9.17, 15) is 4.79 Å². The summed E-state index contributed by atoms with van der Waals surface area (Å²) in [6.07, 6.45) is 2.96. The minimum atomic E-state index is 0.0636. The van der Waals surface area contributed by atoms with E-state index < -0.39 is 0 Å². The lowest BCUT2D eigenvalue weighted by Gasteiger charge is -2.11. The summed E-state index contributed by atoms with van der Waals surface area (Å²) in [7, 11) is 0. The topological polar surface area (TPSA) is 56.2 Å². The molecule has 5 rings (SSSR count). The summed E-state index contributed by atoms with van der Waals surface area (Å²) in [6, 6.07) is 30.9. The summed E-state index contributed by atoms with van der Waals surface area (Å²) in [5.41, 5.74) is 4.38. The van der Waals surface area contributed by atoms with Gasteiger partial charge in [0.15, 0.2) is 0 Å². The molecule has 0 fully saturated rings. The fourth-order valence-corrected chi connectivity index (χ4v) is 4.75. The van der Waals surface area contributed by atoms with E-state index in [0.717, 1.165) is 59.5 Å². The maximum absolute atomic E-state index is 12.4. The number of nitrogens with one attached hydrogen (secondary N) is 1. The number of rotatable bonds is 11. The molecule has 0 radical (unpaired) electrons. The van der Waals surface area contributed by atoms with E-state index in [1.54, 1.807) is 0 Å². The van der Waals surface area contributed by atoms with Crippen LogP contribution in [-0.2, 0) is 24.2 Å². The van der Waals surface area contributed by atoms with Crippen LogP contribution in [-0.4, -0.2) is 28.6 Å². The molecular weight excluding hydrogens is 458 g/mol. The lowest BCUT2D eigenvalue weighted by molar-refractivity contribution is -0.120. The average molecular weight is 492 g/mol. The van der Waals surface area contributed by atoms with Crippen LogP contribution in [0.4, 0.5) is 0 Å². The third kappa shape index (κ3) is 6.18. The fourth-order valence-electron chi connectivity index (χ4n) is 4.75. The Kier molecular flexibility index (Phi) is 7.80. The van der Waals surface area contributed by atoms with E-state index in [-0.39, 0.29) is 5.91 Å². The second kappa shape index (κ2) is 11.7. The van der Waals surface area contributed by atoms with Crippen LogP contribution in [0.25, 0.3) is 21.8 Å². The highest BCUT2D eigenvalue weighted by molar-refractivity contribution is 5.83. The van der Waals surface area contributed by atoms with Crippen LogP contribution in [0.15, 0.2) is 91.0 Å². The molecule has 4 aromatic carbocycles. The zero-order chi connectivity index (χ0) is 25.5. The van der Waals surface area contributed by atoms with Gasteiger partial charge in [-0.05, 0) is 65.9 Å². The van der Waals surface area contributed by atoms with E-state index >= 15 is 0 Å². The third-order valence-corrected chi connectivity index (χ3v) is 6.76. The quantitative estimate of drug-likeness (QED) is 0.222. The normalized spacial score (nSPS) is 11.2. The number of hydrogen-bond donors (Lipinski definition) is 1. The molecule has 1 heterocycles. The van der Waals surface area contributed by atoms with E-state index in [1.165, 1.54) is 10.8 Å². The van der Waals surface area contributed by atoms with Crippen LogP contribution < -0.4 is 10.1 Å². The molecule has 0 bridgehead atoms. The number of amides is 1. The Morgan fingerprint density at radius 2 is 1.68 bits per heavy atom. The van der Waals surface area contributed by atoms with E-state index in [0.29, 0.717) is 19.6 Å². The van der Waals surface area contributed by atoms with Crippen molar-refractivity contribution in [1.82, 2.24) is 14.9 Å². The summed E-state index contributed by atoms with van der Waals surface area (Å²) >= 11 is 0. The number of fused-ring (bicyclic) bond motifs is 2. The number of carbonyl (C=O) groups excluding carboxylic acids is 1. The molecule has 1 aromatic heterocycles. The molecule has 1 N–H and O–H groups in total. The SMILES string of the molecule is Cc1ccccc1CC(=O)NCCCc1nc2ccccc2n1CCCOc1ccc2ccccc2c1. The molecule has 0 aliphatic carbocycles. The monoisotopic (exact) mass is 491 g/mol. The standard InChI is InChI=1S/C32H33N3O2/c1-24-10-2-3-12-26(24)23-32(36)33-19-8-16-31-34-29-14-6-7-15-30(29)35(31)20-9-21-37-28-18-17-25-11-4-5-13-27(25)22-28/h2-7,10-15,17-18,22H,8-9,16,19-21,23H2,1H3,(H,33,36). The van der Waals surface area contributed by atoms with Crippen molar-refractivity contribution in [2.75, 3.05) is 13.2 Å². The Hall–Kier alpha value is -4.12. The summed E-state index contributed by atoms with van der Waals surface area (Å²) in [6.45, 7) is 4.15. The Balaban J connectivity index is 1.14. The first-order valence-corrected chi connectivity index (χ1v) is 13.0. The van der Waals surface area contributed by atoms with Crippen molar-refractivity contribution in [3.63, 3.8) is 0 Å². The highest BCUT2D eigenvalue weighted by Gasteiger charge is 2.11. The molecule has 1 amide bonds. The number of ether oxygens (including phenoxy) is 1. The van der Waals surface area contributed by atoms with Gasteiger partial charge in [0, 0.05) is 19.5 Å². The molecule has 0 atom stereocenters. The van der Waals surface area contributed by atoms with Gasteiger partial charge in [-0.3, -0.25) is 4.79 Å². The Morgan fingerprint density at radius 3 is 2.57 bits per heavy atom. The van der Waals surface area contributed by atoms with Gasteiger partial charge in [-0.2, -0.15) is 0 Å². The van der Waals surface area contributed by atoms with Gasteiger partial charge in [-0.15, -0.1) is 0 Å². The summed E-state index contributed by atoms with van der Waals surface area (Å²) in [5, 5.41) is 5.48. The molecular formula is C32H33N3O2. The zero-order valence-electron chi connectivity index (χ0n) is 21.3. The van der Waals surface area contributed by atoms with Gasteiger partial charge in [-0.25, -0.2) is 4.98 Å². The number of aromatic nitrogens is 2. The Morgan fingerprint density at radius 1 is 0.892 bits per heavy atom. The molecule has 0 aliphatic rings. The fraction of sp³-hybridized carbons (Fsp3) is 0.250. The molecule has 0 unspecified atom stereocenters. The van der Waals surface area contributed by atoms with E-state index in [2.05, 4.69) is 58.4 Å². The molecule has 0 spiro atoms. The maximum Gasteiger partial charge on any atom is 0.224 e. The minimum absolute atomic E-state index is 0.0636. The molecule has 0 saturated heterocycles. The van der Waals surface area contributed by atoms with Gasteiger partial charge in [0.2, 0.25) is 5.91 Å². The van der Waals surface area contributed by atoms with Crippen molar-refractivity contribution in [3.8, 4) is 5.75 Å². The van der Waals surface area contributed by atoms with Crippen molar-refractivity contribution in [3.05, 3.63) is 108 Å². The second-order valence-electron chi connectivity index (χ2n) is 9.44. The molecule has 37 heavy (non-hydrogen) atoms. The van der Waals surface area contributed by atoms with Crippen LogP contribution in [0.2, 0.25) is 0 Å². The third-order valence-electron chi connectivity index (χ3n) is 6.76. The number of hydrogen-bond acceptors (Lipinski definition) is 3. The smallest absolute Gasteiger partial charge is 0.224 e. The number of aryl methyl sites for hydroxylation is 3. The van der Waals surface area contributed by atoms with Gasteiger partial charge in [0.25, 0.3) is 0 Å². The minimum Gasteiger partial charge on any atom is -0.494 e. The molecule has 0 aliphatic heterocycles. The van der Waals surface area contributed by atoms with Crippen molar-refractivity contribution in [2.24, 2.45) is 0 Å². The first-order valence-electron chi connectivity index (χ1n) is 13.0. The van der Waals surface area contributed by atoms with E-state index in [4.69, 9.17) is 9.72 Å². The molecule has 5 heteroatoms. The van der Waals surface area contributed by atoms with Crippen LogP contribution in [0.3, 0.4) is 0 Å². The number of benzene rings is 4. The Labute approximate surface area is 218 Å². The predicted molar refractivity (Wildman–Crippen MR) is 150 cm³/mol. The largest absolute Gasteiger partial charge is 0.494 e. The lowest BCUT2D eigenvalue weighted by Crippen LogP contribution is -2.26. The lowest BCUT2D eigenvalue weighted by atomic mass is 10.1. The highest BCUT2D eigenvalue weighted by atomic mass is 16.5. The summed E-state index contributed by atoms with van der Waals surface area (Å²) < 4.78 is 8.37. The molecule has 0 saturated carbocycles. The van der Waals surface area contributed by atoms with Crippen molar-refractivity contribution in [2.45, 2.75) is 39.2 Å². The summed E-state index contributed by atoms with van der Waals surface area (Å²) in [4.78, 5) is 17.3. The van der Waals surface area contributed by atoms with Crippen LogP contribution in [0.5, 0.6) is 5.75 Å². The number of para-hydroxylation sites is 2. The second-order valence-corrected chi connectivity index (χ2v) is 9.44. The Bertz CT molecular complexity index is 1500. The van der Waals surface area contributed by atoms with Gasteiger partial charge >= 0.3 is 0 Å². The van der Waals surface area contributed by atoms with E-state index in [1.807, 2.05) is 49.4 Å². The molecule has 5 nitrogen and oxygen atoms in total. The van der Waals surface area contributed by atoms with Crippen molar-refractivity contribution in [1.29, 1.82) is 0 Å². The maximum atomic E-state index is 12.4. The molecule has 5 aromatic rings. The molecule has 188 valence electrons. The van der Waals surface area contributed by atoms with Gasteiger partial charge < -0.3 is 14.6 Å². The highest BCUT2D eigenvalue weighted by Crippen LogP contribution is 2.21. The van der Waals surface area contributed by atoms with Gasteiger partial charge in [0.1, 0.15) is 11.6 Å². The van der Waals surface area contributed by atoms with Gasteiger partial charge in [-0.1, -0.05) is 66.7 Å². The first-order chi connectivity index (χ1) is 18.2. The average Bonchev–Trinajstić information content (AvgIpc) is 3.27. The van der Waals surface area contributed by atoms with Crippen LogP contribution >= 0.6 is 0 Å². The van der Waals surface area contributed by atoms with Crippen molar-refractivity contribution >= 4 is 27.7 Å². The van der Waals surface area contributed by atoms with Crippen LogP contribution in [0, 0.1) is 6.92 Å². The zero-order valence-corrected chi connectivity index (χ0v) is 21.3. The van der Waals surface area contributed by atoms with Crippen LogP contribution in [0.1, 0.15) is 29.8 Å². The first kappa shape index (κ1) is 24.6. The van der Waals surface area contributed by atoms with Gasteiger partial charge in [0.05, 0.1) is 24.1 Å². The van der Waals surface area contributed by atoms with Crippen molar-refractivity contribution < 1.29 is 9.53 Å². The predicted octanol–water partition coefficient (Wildman–Crippen LogP) is 6.26. The number of carbonyl (C=O) groups is 1. The number of nitrogens with zero attached hydrogens (tertiary/aromatic N) is 2. The number of imidazole rings is 1.